The first-order valence-electron chi connectivity index (χ1n) is 10.3. The van der Waals surface area contributed by atoms with E-state index >= 15 is 0 Å². The van der Waals surface area contributed by atoms with Gasteiger partial charge in [0.1, 0.15) is 17.3 Å². The first kappa shape index (κ1) is 24.3. The van der Waals surface area contributed by atoms with Gasteiger partial charge in [-0.25, -0.2) is 17.6 Å². The molecule has 0 atom stereocenters. The highest BCUT2D eigenvalue weighted by Crippen LogP contribution is 2.30. The van der Waals surface area contributed by atoms with Crippen LogP contribution in [0.3, 0.4) is 0 Å². The summed E-state index contributed by atoms with van der Waals surface area (Å²) in [5, 5.41) is 0. The molecule has 0 bridgehead atoms. The lowest BCUT2D eigenvalue weighted by atomic mass is 10.0. The van der Waals surface area contributed by atoms with Crippen LogP contribution in [0.1, 0.15) is 34.0 Å². The molecule has 0 N–H and O–H groups in total. The van der Waals surface area contributed by atoms with Crippen molar-refractivity contribution >= 4 is 21.7 Å². The van der Waals surface area contributed by atoms with E-state index in [1.165, 1.54) is 29.6 Å². The first-order chi connectivity index (χ1) is 15.6. The van der Waals surface area contributed by atoms with Gasteiger partial charge in [-0.05, 0) is 99.0 Å². The summed E-state index contributed by atoms with van der Waals surface area (Å²) in [5.74, 6) is 0.0564. The van der Waals surface area contributed by atoms with Crippen molar-refractivity contribution in [1.29, 1.82) is 0 Å². The van der Waals surface area contributed by atoms with Crippen molar-refractivity contribution in [3.8, 4) is 11.5 Å². The summed E-state index contributed by atoms with van der Waals surface area (Å²) in [7, 11) is -2.69. The van der Waals surface area contributed by atoms with Crippen LogP contribution < -0.4 is 9.04 Å². The fraction of sp³-hybridized carbons (Fsp3) is 0.240. The number of esters is 1. The average molecular weight is 472 g/mol. The lowest BCUT2D eigenvalue weighted by Crippen LogP contribution is -2.31. The molecule has 0 aliphatic rings. The number of methoxy groups -OCH3 is 1. The largest absolute Gasteiger partial charge is 0.465 e. The van der Waals surface area contributed by atoms with Crippen LogP contribution >= 0.6 is 0 Å². The Labute approximate surface area is 193 Å². The van der Waals surface area contributed by atoms with E-state index in [1.54, 1.807) is 64.1 Å². The van der Waals surface area contributed by atoms with E-state index < -0.39 is 16.0 Å². The molecule has 0 aliphatic heterocycles. The van der Waals surface area contributed by atoms with Crippen molar-refractivity contribution in [3.63, 3.8) is 0 Å². The minimum atomic E-state index is -3.95. The van der Waals surface area contributed by atoms with Gasteiger partial charge >= 0.3 is 5.97 Å². The van der Waals surface area contributed by atoms with Crippen molar-refractivity contribution in [2.24, 2.45) is 0 Å². The van der Waals surface area contributed by atoms with E-state index in [1.807, 2.05) is 0 Å². The van der Waals surface area contributed by atoms with Gasteiger partial charge in [-0.1, -0.05) is 0 Å². The SMILES string of the molecule is CCN(c1ccc(Oc2ccc(F)c(C)c2)cc1)S(=O)(=O)c1cc(C)c(C)c(C(=O)OC)c1. The number of hydrogen-bond donors (Lipinski definition) is 0. The molecule has 0 aliphatic carbocycles. The molecule has 0 fully saturated rings. The minimum absolute atomic E-state index is 0.00923. The van der Waals surface area contributed by atoms with E-state index in [-0.39, 0.29) is 22.8 Å². The highest BCUT2D eigenvalue weighted by Gasteiger charge is 2.26. The normalized spacial score (nSPS) is 11.2. The Hall–Kier alpha value is -3.39. The number of carbonyl (C=O) groups excluding carboxylic acids is 1. The number of halogens is 1. The number of sulfonamides is 1. The zero-order valence-electron chi connectivity index (χ0n) is 19.2. The highest BCUT2D eigenvalue weighted by molar-refractivity contribution is 7.92. The maximum atomic E-state index is 13.5. The van der Waals surface area contributed by atoms with E-state index in [9.17, 15) is 17.6 Å². The molecule has 33 heavy (non-hydrogen) atoms. The van der Waals surface area contributed by atoms with Crippen LogP contribution in [0.15, 0.2) is 59.5 Å². The number of anilines is 1. The molecule has 0 aromatic heterocycles. The van der Waals surface area contributed by atoms with Gasteiger partial charge in [-0.3, -0.25) is 4.31 Å². The third-order valence-corrected chi connectivity index (χ3v) is 7.29. The first-order valence-corrected chi connectivity index (χ1v) is 11.8. The molecule has 174 valence electrons. The van der Waals surface area contributed by atoms with Gasteiger partial charge in [0.2, 0.25) is 0 Å². The second-order valence-corrected chi connectivity index (χ2v) is 9.44. The van der Waals surface area contributed by atoms with Gasteiger partial charge < -0.3 is 9.47 Å². The van der Waals surface area contributed by atoms with Crippen LogP contribution in [0.2, 0.25) is 0 Å². The summed E-state index contributed by atoms with van der Waals surface area (Å²) in [4.78, 5) is 12.1. The topological polar surface area (TPSA) is 72.9 Å². The Morgan fingerprint density at radius 3 is 2.15 bits per heavy atom. The summed E-state index contributed by atoms with van der Waals surface area (Å²) in [5.41, 5.74) is 2.46. The van der Waals surface area contributed by atoms with E-state index in [0.717, 1.165) is 0 Å². The van der Waals surface area contributed by atoms with Crippen LogP contribution in [0, 0.1) is 26.6 Å². The number of ether oxygens (including phenoxy) is 2. The van der Waals surface area contributed by atoms with Crippen molar-refractivity contribution in [2.45, 2.75) is 32.6 Å². The zero-order chi connectivity index (χ0) is 24.3. The van der Waals surface area contributed by atoms with Crippen LogP contribution in [0.25, 0.3) is 0 Å². The maximum absolute atomic E-state index is 13.5. The molecule has 0 spiro atoms. The van der Waals surface area contributed by atoms with Crippen molar-refractivity contribution in [1.82, 2.24) is 0 Å². The maximum Gasteiger partial charge on any atom is 0.338 e. The van der Waals surface area contributed by atoms with Gasteiger partial charge in [0.25, 0.3) is 10.0 Å². The number of hydrogen-bond acceptors (Lipinski definition) is 5. The molecule has 0 unspecified atom stereocenters. The van der Waals surface area contributed by atoms with Crippen molar-refractivity contribution in [3.05, 3.63) is 82.7 Å². The van der Waals surface area contributed by atoms with E-state index in [0.29, 0.717) is 33.9 Å². The van der Waals surface area contributed by atoms with E-state index in [4.69, 9.17) is 9.47 Å². The Morgan fingerprint density at radius 2 is 1.58 bits per heavy atom. The smallest absolute Gasteiger partial charge is 0.338 e. The predicted octanol–water partition coefficient (Wildman–Crippen LogP) is 5.55. The third-order valence-electron chi connectivity index (χ3n) is 5.41. The lowest BCUT2D eigenvalue weighted by Gasteiger charge is -2.24. The molecule has 3 rings (SSSR count). The van der Waals surface area contributed by atoms with Gasteiger partial charge in [0.05, 0.1) is 23.3 Å². The molecular weight excluding hydrogens is 445 g/mol. The molecule has 0 heterocycles. The average Bonchev–Trinajstić information content (AvgIpc) is 2.79. The molecule has 6 nitrogen and oxygen atoms in total. The number of carbonyl (C=O) groups is 1. The van der Waals surface area contributed by atoms with Crippen molar-refractivity contribution in [2.75, 3.05) is 18.0 Å². The standard InChI is InChI=1S/C25H26FNO5S/c1-6-27(33(29,30)22-14-16(2)18(4)23(15-22)25(28)31-5)19-7-9-20(10-8-19)32-21-11-12-24(26)17(3)13-21/h7-15H,6H2,1-5H3. The molecule has 0 amide bonds. The molecular formula is C25H26FNO5S. The van der Waals surface area contributed by atoms with Crippen LogP contribution in [0.4, 0.5) is 10.1 Å². The van der Waals surface area contributed by atoms with Gasteiger partial charge in [0.15, 0.2) is 0 Å². The summed E-state index contributed by atoms with van der Waals surface area (Å²) >= 11 is 0. The van der Waals surface area contributed by atoms with Gasteiger partial charge in [-0.15, -0.1) is 0 Å². The molecule has 0 saturated heterocycles. The fourth-order valence-electron chi connectivity index (χ4n) is 3.41. The summed E-state index contributed by atoms with van der Waals surface area (Å²) in [6.07, 6.45) is 0. The molecule has 3 aromatic rings. The number of benzene rings is 3. The summed E-state index contributed by atoms with van der Waals surface area (Å²) < 4.78 is 52.2. The summed E-state index contributed by atoms with van der Waals surface area (Å²) in [6.45, 7) is 7.05. The quantitative estimate of drug-likeness (QED) is 0.423. The Balaban J connectivity index is 1.92. The Morgan fingerprint density at radius 1 is 0.939 bits per heavy atom. The zero-order valence-corrected chi connectivity index (χ0v) is 20.0. The Kier molecular flexibility index (Phi) is 7.07. The number of aryl methyl sites for hydroxylation is 2. The van der Waals surface area contributed by atoms with Crippen LogP contribution in [-0.2, 0) is 14.8 Å². The van der Waals surface area contributed by atoms with Crippen LogP contribution in [0.5, 0.6) is 11.5 Å². The molecule has 0 radical (unpaired) electrons. The second-order valence-electron chi connectivity index (χ2n) is 7.58. The lowest BCUT2D eigenvalue weighted by molar-refractivity contribution is 0.0599. The minimum Gasteiger partial charge on any atom is -0.465 e. The fourth-order valence-corrected chi connectivity index (χ4v) is 5.00. The van der Waals surface area contributed by atoms with Crippen molar-refractivity contribution < 1.29 is 27.1 Å². The number of nitrogens with zero attached hydrogens (tertiary/aromatic N) is 1. The predicted molar refractivity (Wildman–Crippen MR) is 125 cm³/mol. The number of rotatable bonds is 7. The second kappa shape index (κ2) is 9.62. The molecule has 3 aromatic carbocycles. The van der Waals surface area contributed by atoms with Gasteiger partial charge in [0, 0.05) is 6.54 Å². The highest BCUT2D eigenvalue weighted by atomic mass is 32.2. The van der Waals surface area contributed by atoms with Gasteiger partial charge in [-0.2, -0.15) is 0 Å². The summed E-state index contributed by atoms with van der Waals surface area (Å²) in [6, 6.07) is 13.9. The van der Waals surface area contributed by atoms with Crippen LogP contribution in [-0.4, -0.2) is 28.0 Å². The Bertz CT molecular complexity index is 1290. The third kappa shape index (κ3) is 5.01. The monoisotopic (exact) mass is 471 g/mol. The molecule has 0 saturated carbocycles. The van der Waals surface area contributed by atoms with E-state index in [2.05, 4.69) is 0 Å². The molecule has 8 heteroatoms.